The van der Waals surface area contributed by atoms with E-state index in [2.05, 4.69) is 15.2 Å². The molecule has 0 saturated heterocycles. The first-order valence-electron chi connectivity index (χ1n) is 5.74. The number of carbonyl (C=O) groups excluding carboxylic acids is 1. The van der Waals surface area contributed by atoms with Crippen LogP contribution in [0.3, 0.4) is 0 Å². The number of aromatic nitrogens is 2. The topological polar surface area (TPSA) is 56.1 Å². The Kier molecular flexibility index (Phi) is 5.49. The first-order chi connectivity index (χ1) is 9.22. The Bertz CT molecular complexity index is 451. The van der Waals surface area contributed by atoms with E-state index in [1.807, 2.05) is 0 Å². The van der Waals surface area contributed by atoms with Crippen molar-refractivity contribution in [2.45, 2.75) is 25.3 Å². The number of carbonyl (C=O) groups is 1. The van der Waals surface area contributed by atoms with E-state index < -0.39 is 37.5 Å². The summed E-state index contributed by atoms with van der Waals surface area (Å²) in [4.78, 5) is 11.4. The SMILES string of the molecule is C[C@@H](NC(=O)COCC(F)(F)C(F)F)c1cnn(C)c1. The zero-order valence-corrected chi connectivity index (χ0v) is 10.9. The molecule has 1 rings (SSSR count). The van der Waals surface area contributed by atoms with Crippen LogP contribution in [0.25, 0.3) is 0 Å². The fraction of sp³-hybridized carbons (Fsp3) is 0.636. The molecule has 114 valence electrons. The molecule has 0 fully saturated rings. The third-order valence-electron chi connectivity index (χ3n) is 2.45. The maximum absolute atomic E-state index is 12.5. The first kappa shape index (κ1) is 16.4. The fourth-order valence-electron chi connectivity index (χ4n) is 1.37. The maximum Gasteiger partial charge on any atom is 0.330 e. The molecule has 9 heteroatoms. The lowest BCUT2D eigenvalue weighted by Crippen LogP contribution is -2.36. The molecule has 1 aromatic rings. The molecule has 20 heavy (non-hydrogen) atoms. The molecular formula is C11H15F4N3O2. The molecule has 0 aliphatic rings. The van der Waals surface area contributed by atoms with Crippen LogP contribution in [0.15, 0.2) is 12.4 Å². The summed E-state index contributed by atoms with van der Waals surface area (Å²) >= 11 is 0. The van der Waals surface area contributed by atoms with Crippen molar-refractivity contribution in [1.82, 2.24) is 15.1 Å². The third kappa shape index (κ3) is 4.80. The predicted molar refractivity (Wildman–Crippen MR) is 61.5 cm³/mol. The van der Waals surface area contributed by atoms with Gasteiger partial charge in [0.2, 0.25) is 5.91 Å². The standard InChI is InChI=1S/C11H15F4N3O2/c1-7(8-3-16-18(2)4-8)17-9(19)5-20-6-11(14,15)10(12)13/h3-4,7,10H,5-6H2,1-2H3,(H,17,19)/t7-/m1/s1. The van der Waals surface area contributed by atoms with Gasteiger partial charge in [-0.2, -0.15) is 13.9 Å². The average molecular weight is 297 g/mol. The van der Waals surface area contributed by atoms with Crippen LogP contribution >= 0.6 is 0 Å². The van der Waals surface area contributed by atoms with Crippen molar-refractivity contribution in [3.05, 3.63) is 18.0 Å². The summed E-state index contributed by atoms with van der Waals surface area (Å²) in [7, 11) is 1.70. The molecule has 0 radical (unpaired) electrons. The van der Waals surface area contributed by atoms with E-state index in [-0.39, 0.29) is 0 Å². The van der Waals surface area contributed by atoms with Gasteiger partial charge in [0.1, 0.15) is 13.2 Å². The summed E-state index contributed by atoms with van der Waals surface area (Å²) in [5.74, 6) is -4.93. The Balaban J connectivity index is 2.34. The zero-order valence-electron chi connectivity index (χ0n) is 10.9. The molecule has 0 bridgehead atoms. The van der Waals surface area contributed by atoms with E-state index in [4.69, 9.17) is 0 Å². The Labute approximate surface area is 112 Å². The van der Waals surface area contributed by atoms with Gasteiger partial charge >= 0.3 is 12.3 Å². The Morgan fingerprint density at radius 2 is 2.20 bits per heavy atom. The molecule has 1 amide bonds. The van der Waals surface area contributed by atoms with Crippen molar-refractivity contribution in [3.63, 3.8) is 0 Å². The van der Waals surface area contributed by atoms with Gasteiger partial charge in [-0.15, -0.1) is 0 Å². The largest absolute Gasteiger partial charge is 0.365 e. The van der Waals surface area contributed by atoms with Crippen LogP contribution in [-0.4, -0.2) is 41.2 Å². The Morgan fingerprint density at radius 3 is 2.70 bits per heavy atom. The van der Waals surface area contributed by atoms with E-state index in [1.54, 1.807) is 20.2 Å². The monoisotopic (exact) mass is 297 g/mol. The van der Waals surface area contributed by atoms with Crippen molar-refractivity contribution >= 4 is 5.91 Å². The second-order valence-corrected chi connectivity index (χ2v) is 4.29. The van der Waals surface area contributed by atoms with Crippen LogP contribution in [-0.2, 0) is 16.6 Å². The fourth-order valence-corrected chi connectivity index (χ4v) is 1.37. The highest BCUT2D eigenvalue weighted by atomic mass is 19.3. The van der Waals surface area contributed by atoms with Gasteiger partial charge in [0.15, 0.2) is 0 Å². The quantitative estimate of drug-likeness (QED) is 0.776. The zero-order chi connectivity index (χ0) is 15.3. The smallest absolute Gasteiger partial charge is 0.330 e. The van der Waals surface area contributed by atoms with Crippen LogP contribution in [0.4, 0.5) is 17.6 Å². The van der Waals surface area contributed by atoms with E-state index >= 15 is 0 Å². The lowest BCUT2D eigenvalue weighted by molar-refractivity contribution is -0.168. The van der Waals surface area contributed by atoms with Gasteiger partial charge < -0.3 is 10.1 Å². The molecule has 0 aliphatic heterocycles. The Hall–Kier alpha value is -1.64. The molecule has 0 aromatic carbocycles. The summed E-state index contributed by atoms with van der Waals surface area (Å²) in [5, 5.41) is 6.39. The van der Waals surface area contributed by atoms with Crippen LogP contribution in [0.2, 0.25) is 0 Å². The molecule has 1 atom stereocenters. The first-order valence-corrected chi connectivity index (χ1v) is 5.74. The van der Waals surface area contributed by atoms with Crippen LogP contribution in [0.5, 0.6) is 0 Å². The lowest BCUT2D eigenvalue weighted by Gasteiger charge is -2.16. The molecule has 0 spiro atoms. The lowest BCUT2D eigenvalue weighted by atomic mass is 10.2. The minimum absolute atomic E-state index is 0.393. The number of alkyl halides is 4. The van der Waals surface area contributed by atoms with Crippen LogP contribution < -0.4 is 5.32 Å². The number of hydrogen-bond acceptors (Lipinski definition) is 3. The molecule has 1 aromatic heterocycles. The highest BCUT2D eigenvalue weighted by Crippen LogP contribution is 2.22. The normalized spacial score (nSPS) is 13.6. The summed E-state index contributed by atoms with van der Waals surface area (Å²) in [6, 6.07) is -0.393. The van der Waals surface area contributed by atoms with Crippen molar-refractivity contribution in [2.24, 2.45) is 7.05 Å². The molecule has 0 aliphatic carbocycles. The van der Waals surface area contributed by atoms with Crippen LogP contribution in [0, 0.1) is 0 Å². The van der Waals surface area contributed by atoms with E-state index in [9.17, 15) is 22.4 Å². The van der Waals surface area contributed by atoms with Gasteiger partial charge in [0.25, 0.3) is 0 Å². The summed E-state index contributed by atoms with van der Waals surface area (Å²) in [6.07, 6.45) is -0.604. The van der Waals surface area contributed by atoms with Gasteiger partial charge in [-0.25, -0.2) is 8.78 Å². The Morgan fingerprint density at radius 1 is 1.55 bits per heavy atom. The number of aryl methyl sites for hydroxylation is 1. The van der Waals surface area contributed by atoms with Gasteiger partial charge in [0.05, 0.1) is 12.2 Å². The number of nitrogens with one attached hydrogen (secondary N) is 1. The molecule has 1 heterocycles. The van der Waals surface area contributed by atoms with Crippen molar-refractivity contribution in [1.29, 1.82) is 0 Å². The summed E-state index contributed by atoms with van der Waals surface area (Å²) < 4.78 is 54.5. The molecule has 1 N–H and O–H groups in total. The number of amides is 1. The molecule has 0 unspecified atom stereocenters. The maximum atomic E-state index is 12.5. The highest BCUT2D eigenvalue weighted by molar-refractivity contribution is 5.77. The summed E-state index contributed by atoms with van der Waals surface area (Å²) in [5.41, 5.74) is 0.721. The number of nitrogens with zero attached hydrogens (tertiary/aromatic N) is 2. The second-order valence-electron chi connectivity index (χ2n) is 4.29. The van der Waals surface area contributed by atoms with Crippen molar-refractivity contribution in [3.8, 4) is 0 Å². The van der Waals surface area contributed by atoms with E-state index in [0.29, 0.717) is 0 Å². The number of hydrogen-bond donors (Lipinski definition) is 1. The van der Waals surface area contributed by atoms with Gasteiger partial charge in [-0.1, -0.05) is 0 Å². The van der Waals surface area contributed by atoms with E-state index in [1.165, 1.54) is 10.9 Å². The third-order valence-corrected chi connectivity index (χ3v) is 2.45. The van der Waals surface area contributed by atoms with Crippen LogP contribution in [0.1, 0.15) is 18.5 Å². The number of halogens is 4. The minimum atomic E-state index is -4.25. The van der Waals surface area contributed by atoms with Gasteiger partial charge in [-0.3, -0.25) is 9.48 Å². The molecule has 0 saturated carbocycles. The highest BCUT2D eigenvalue weighted by Gasteiger charge is 2.41. The summed E-state index contributed by atoms with van der Waals surface area (Å²) in [6.45, 7) is -0.547. The molecule has 5 nitrogen and oxygen atoms in total. The predicted octanol–water partition coefficient (Wildman–Crippen LogP) is 1.51. The van der Waals surface area contributed by atoms with Gasteiger partial charge in [0, 0.05) is 18.8 Å². The number of rotatable bonds is 7. The van der Waals surface area contributed by atoms with Crippen molar-refractivity contribution < 1.29 is 27.1 Å². The minimum Gasteiger partial charge on any atom is -0.365 e. The average Bonchev–Trinajstić information content (AvgIpc) is 2.75. The number of ether oxygens (including phenoxy) is 1. The van der Waals surface area contributed by atoms with E-state index in [0.717, 1.165) is 5.56 Å². The molecular weight excluding hydrogens is 282 g/mol. The second kappa shape index (κ2) is 6.69. The van der Waals surface area contributed by atoms with Crippen molar-refractivity contribution in [2.75, 3.05) is 13.2 Å². The van der Waals surface area contributed by atoms with Gasteiger partial charge in [-0.05, 0) is 6.92 Å².